The minimum absolute atomic E-state index is 0.265. The van der Waals surface area contributed by atoms with Gasteiger partial charge in [-0.05, 0) is 51.4 Å². The molecule has 2 heterocycles. The first kappa shape index (κ1) is 14.8. The lowest BCUT2D eigenvalue weighted by Crippen LogP contribution is -2.25. The van der Waals surface area contributed by atoms with Crippen molar-refractivity contribution in [3.63, 3.8) is 0 Å². The quantitative estimate of drug-likeness (QED) is 0.867. The van der Waals surface area contributed by atoms with Gasteiger partial charge in [-0.25, -0.2) is 0 Å². The van der Waals surface area contributed by atoms with Gasteiger partial charge in [-0.1, -0.05) is 13.0 Å². The van der Waals surface area contributed by atoms with Gasteiger partial charge in [0.1, 0.15) is 11.5 Å². The second-order valence-electron chi connectivity index (χ2n) is 5.35. The number of nitrogens with one attached hydrogen (secondary N) is 1. The van der Waals surface area contributed by atoms with Crippen molar-refractivity contribution in [1.29, 1.82) is 0 Å². The number of hydrogen-bond donors (Lipinski definition) is 1. The van der Waals surface area contributed by atoms with Crippen molar-refractivity contribution in [3.05, 3.63) is 52.7 Å². The molecule has 3 nitrogen and oxygen atoms in total. The van der Waals surface area contributed by atoms with Crippen molar-refractivity contribution in [2.45, 2.75) is 46.6 Å². The SMILES string of the molecule is CCCNC(Cc1ncccc1C)c1cc(C)oc1C. The Bertz CT molecular complexity index is 560. The summed E-state index contributed by atoms with van der Waals surface area (Å²) in [5.74, 6) is 1.98. The van der Waals surface area contributed by atoms with Crippen LogP contribution in [0.2, 0.25) is 0 Å². The van der Waals surface area contributed by atoms with E-state index in [9.17, 15) is 0 Å². The average Bonchev–Trinajstić information content (AvgIpc) is 2.75. The molecule has 0 aliphatic heterocycles. The van der Waals surface area contributed by atoms with E-state index in [1.165, 1.54) is 11.1 Å². The molecule has 1 atom stereocenters. The van der Waals surface area contributed by atoms with E-state index in [1.807, 2.05) is 26.1 Å². The van der Waals surface area contributed by atoms with Gasteiger partial charge >= 0.3 is 0 Å². The molecule has 1 N–H and O–H groups in total. The van der Waals surface area contributed by atoms with Crippen LogP contribution in [-0.4, -0.2) is 11.5 Å². The van der Waals surface area contributed by atoms with Crippen LogP contribution in [0.15, 0.2) is 28.8 Å². The smallest absolute Gasteiger partial charge is 0.105 e. The largest absolute Gasteiger partial charge is 0.466 e. The lowest BCUT2D eigenvalue weighted by molar-refractivity contribution is 0.478. The van der Waals surface area contributed by atoms with Gasteiger partial charge in [0, 0.05) is 29.9 Å². The lowest BCUT2D eigenvalue weighted by atomic mass is 9.99. The Morgan fingerprint density at radius 3 is 2.70 bits per heavy atom. The van der Waals surface area contributed by atoms with Crippen molar-refractivity contribution in [2.75, 3.05) is 6.54 Å². The molecule has 0 bridgehead atoms. The lowest BCUT2D eigenvalue weighted by Gasteiger charge is -2.18. The molecule has 108 valence electrons. The summed E-state index contributed by atoms with van der Waals surface area (Å²) in [7, 11) is 0. The number of furan rings is 1. The third-order valence-corrected chi connectivity index (χ3v) is 3.61. The summed E-state index contributed by atoms with van der Waals surface area (Å²) in [6.07, 6.45) is 3.88. The molecule has 0 amide bonds. The zero-order valence-electron chi connectivity index (χ0n) is 12.9. The van der Waals surface area contributed by atoms with Gasteiger partial charge in [0.15, 0.2) is 0 Å². The van der Waals surface area contributed by atoms with E-state index in [2.05, 4.69) is 36.3 Å². The molecule has 0 fully saturated rings. The standard InChI is InChI=1S/C17H24N2O/c1-5-8-18-17(15-10-13(3)20-14(15)4)11-16-12(2)7-6-9-19-16/h6-7,9-10,17-18H,5,8,11H2,1-4H3. The van der Waals surface area contributed by atoms with E-state index in [0.29, 0.717) is 0 Å². The number of hydrogen-bond acceptors (Lipinski definition) is 3. The van der Waals surface area contributed by atoms with Crippen LogP contribution in [0.1, 0.15) is 47.7 Å². The van der Waals surface area contributed by atoms with E-state index < -0.39 is 0 Å². The maximum Gasteiger partial charge on any atom is 0.105 e. The summed E-state index contributed by atoms with van der Waals surface area (Å²) in [6.45, 7) is 9.34. The van der Waals surface area contributed by atoms with E-state index in [4.69, 9.17) is 4.42 Å². The van der Waals surface area contributed by atoms with Gasteiger partial charge in [-0.3, -0.25) is 4.98 Å². The monoisotopic (exact) mass is 272 g/mol. The third kappa shape index (κ3) is 3.48. The summed E-state index contributed by atoms with van der Waals surface area (Å²) in [5.41, 5.74) is 3.65. The summed E-state index contributed by atoms with van der Waals surface area (Å²) in [4.78, 5) is 4.52. The van der Waals surface area contributed by atoms with Crippen molar-refractivity contribution < 1.29 is 4.42 Å². The molecule has 0 aliphatic rings. The first-order valence-corrected chi connectivity index (χ1v) is 7.32. The molecule has 2 aromatic heterocycles. The van der Waals surface area contributed by atoms with E-state index in [0.717, 1.165) is 36.6 Å². The Hall–Kier alpha value is -1.61. The van der Waals surface area contributed by atoms with Crippen LogP contribution in [0.3, 0.4) is 0 Å². The Kier molecular flexibility index (Phi) is 4.96. The predicted octanol–water partition coefficient (Wildman–Crippen LogP) is 3.88. The fraction of sp³-hybridized carbons (Fsp3) is 0.471. The van der Waals surface area contributed by atoms with E-state index in [-0.39, 0.29) is 6.04 Å². The van der Waals surface area contributed by atoms with Crippen LogP contribution in [0, 0.1) is 20.8 Å². The molecule has 0 saturated heterocycles. The summed E-state index contributed by atoms with van der Waals surface area (Å²) in [5, 5.41) is 3.62. The van der Waals surface area contributed by atoms with Gasteiger partial charge in [0.05, 0.1) is 0 Å². The minimum atomic E-state index is 0.265. The summed E-state index contributed by atoms with van der Waals surface area (Å²) < 4.78 is 5.68. The van der Waals surface area contributed by atoms with Crippen LogP contribution in [0.25, 0.3) is 0 Å². The molecular formula is C17H24N2O. The van der Waals surface area contributed by atoms with Crippen molar-refractivity contribution in [1.82, 2.24) is 10.3 Å². The van der Waals surface area contributed by atoms with Gasteiger partial charge in [-0.15, -0.1) is 0 Å². The highest BCUT2D eigenvalue weighted by Gasteiger charge is 2.18. The van der Waals surface area contributed by atoms with Crippen molar-refractivity contribution in [2.24, 2.45) is 0 Å². The fourth-order valence-electron chi connectivity index (χ4n) is 2.53. The number of pyridine rings is 1. The summed E-state index contributed by atoms with van der Waals surface area (Å²) >= 11 is 0. The second kappa shape index (κ2) is 6.71. The van der Waals surface area contributed by atoms with Gasteiger partial charge in [-0.2, -0.15) is 0 Å². The van der Waals surface area contributed by atoms with Crippen LogP contribution in [0.5, 0.6) is 0 Å². The second-order valence-corrected chi connectivity index (χ2v) is 5.35. The van der Waals surface area contributed by atoms with E-state index >= 15 is 0 Å². The maximum absolute atomic E-state index is 5.68. The highest BCUT2D eigenvalue weighted by Crippen LogP contribution is 2.25. The molecule has 3 heteroatoms. The Labute approximate surface area is 121 Å². The van der Waals surface area contributed by atoms with Crippen molar-refractivity contribution in [3.8, 4) is 0 Å². The third-order valence-electron chi connectivity index (χ3n) is 3.61. The molecule has 2 rings (SSSR count). The average molecular weight is 272 g/mol. The first-order valence-electron chi connectivity index (χ1n) is 7.32. The molecule has 0 spiro atoms. The van der Waals surface area contributed by atoms with Crippen LogP contribution >= 0.6 is 0 Å². The number of aryl methyl sites for hydroxylation is 3. The first-order chi connectivity index (χ1) is 9.61. The van der Waals surface area contributed by atoms with Crippen molar-refractivity contribution >= 4 is 0 Å². The predicted molar refractivity (Wildman–Crippen MR) is 81.9 cm³/mol. The highest BCUT2D eigenvalue weighted by molar-refractivity contribution is 5.27. The molecule has 1 unspecified atom stereocenters. The van der Waals surface area contributed by atoms with Crippen LogP contribution < -0.4 is 5.32 Å². The van der Waals surface area contributed by atoms with Crippen LogP contribution in [-0.2, 0) is 6.42 Å². The molecular weight excluding hydrogens is 248 g/mol. The highest BCUT2D eigenvalue weighted by atomic mass is 16.3. The normalized spacial score (nSPS) is 12.6. The topological polar surface area (TPSA) is 38.1 Å². The Balaban J connectivity index is 2.24. The summed E-state index contributed by atoms with van der Waals surface area (Å²) in [6, 6.07) is 6.51. The number of nitrogens with zero attached hydrogens (tertiary/aromatic N) is 1. The van der Waals surface area contributed by atoms with Gasteiger partial charge in [0.2, 0.25) is 0 Å². The minimum Gasteiger partial charge on any atom is -0.466 e. The van der Waals surface area contributed by atoms with Gasteiger partial charge < -0.3 is 9.73 Å². The van der Waals surface area contributed by atoms with Gasteiger partial charge in [0.25, 0.3) is 0 Å². The zero-order chi connectivity index (χ0) is 14.5. The maximum atomic E-state index is 5.68. The molecule has 0 saturated carbocycles. The Morgan fingerprint density at radius 1 is 1.30 bits per heavy atom. The molecule has 0 radical (unpaired) electrons. The fourth-order valence-corrected chi connectivity index (χ4v) is 2.53. The molecule has 2 aromatic rings. The molecule has 0 aliphatic carbocycles. The zero-order valence-corrected chi connectivity index (χ0v) is 12.9. The van der Waals surface area contributed by atoms with E-state index in [1.54, 1.807) is 0 Å². The molecule has 20 heavy (non-hydrogen) atoms. The number of aromatic nitrogens is 1. The molecule has 0 aromatic carbocycles. The number of rotatable bonds is 6. The Morgan fingerprint density at radius 2 is 2.10 bits per heavy atom. The van der Waals surface area contributed by atoms with Crippen LogP contribution in [0.4, 0.5) is 0 Å².